The number of anilines is 1. The van der Waals surface area contributed by atoms with Gasteiger partial charge in [-0.2, -0.15) is 5.10 Å². The number of likely N-dealkylation sites (tertiary alicyclic amines) is 1. The van der Waals surface area contributed by atoms with Crippen LogP contribution in [0.4, 0.5) is 14.9 Å². The van der Waals surface area contributed by atoms with Crippen LogP contribution in [0.15, 0.2) is 36.7 Å². The Balaban J connectivity index is 1.38. The van der Waals surface area contributed by atoms with Crippen molar-refractivity contribution in [2.24, 2.45) is 5.92 Å². The third-order valence-electron chi connectivity index (χ3n) is 6.15. The molecule has 2 N–H and O–H groups in total. The van der Waals surface area contributed by atoms with Gasteiger partial charge in [0.25, 0.3) is 5.91 Å². The molecule has 1 saturated carbocycles. The minimum atomic E-state index is -0.610. The third kappa shape index (κ3) is 4.35. The minimum Gasteiger partial charge on any atom is -0.452 e. The van der Waals surface area contributed by atoms with Gasteiger partial charge in [-0.25, -0.2) is 13.7 Å². The van der Waals surface area contributed by atoms with Gasteiger partial charge in [0.2, 0.25) is 0 Å². The third-order valence-corrected chi connectivity index (χ3v) is 6.15. The maximum Gasteiger partial charge on any atom is 0.319 e. The number of aromatic nitrogens is 2. The molecule has 9 heteroatoms. The molecule has 8 nitrogen and oxygen atoms in total. The van der Waals surface area contributed by atoms with Gasteiger partial charge in [0.15, 0.2) is 17.3 Å². The fourth-order valence-corrected chi connectivity index (χ4v) is 4.17. The molecule has 2 fully saturated rings. The molecule has 3 heterocycles. The Morgan fingerprint density at radius 1 is 1.18 bits per heavy atom. The highest BCUT2D eigenvalue weighted by atomic mass is 19.1. The number of amides is 3. The standard InChI is InChI=1S/C24H26FN5O3/c1-14-8-10-29(12-14)23(31)18-13-30-22(15(18)2)21(7-9-26-30)33-20-6-5-17(11-19(20)25)28-24(32)27-16-3-4-16/h5-7,9,11,13-14,16H,3-4,8,10,12H2,1-2H3,(H2,27,28,32). The Kier molecular flexibility index (Phi) is 5.39. The first-order valence-corrected chi connectivity index (χ1v) is 11.2. The Hall–Kier alpha value is -3.62. The normalized spacial score (nSPS) is 17.9. The van der Waals surface area contributed by atoms with Crippen LogP contribution in [-0.2, 0) is 0 Å². The minimum absolute atomic E-state index is 0.0121. The number of hydrogen-bond acceptors (Lipinski definition) is 4. The van der Waals surface area contributed by atoms with Crippen LogP contribution < -0.4 is 15.4 Å². The van der Waals surface area contributed by atoms with E-state index in [9.17, 15) is 14.0 Å². The van der Waals surface area contributed by atoms with Gasteiger partial charge >= 0.3 is 6.03 Å². The number of urea groups is 1. The molecule has 1 aliphatic heterocycles. The first-order valence-electron chi connectivity index (χ1n) is 11.2. The van der Waals surface area contributed by atoms with Gasteiger partial charge in [0, 0.05) is 43.1 Å². The highest BCUT2D eigenvalue weighted by Crippen LogP contribution is 2.33. The predicted octanol–water partition coefficient (Wildman–Crippen LogP) is 4.34. The number of nitrogens with zero attached hydrogens (tertiary/aromatic N) is 3. The molecule has 0 bridgehead atoms. The lowest BCUT2D eigenvalue weighted by Crippen LogP contribution is -2.30. The Morgan fingerprint density at radius 2 is 2.00 bits per heavy atom. The van der Waals surface area contributed by atoms with Crippen LogP contribution in [0.3, 0.4) is 0 Å². The summed E-state index contributed by atoms with van der Waals surface area (Å²) in [6.07, 6.45) is 6.18. The molecule has 2 aromatic heterocycles. The van der Waals surface area contributed by atoms with Gasteiger partial charge < -0.3 is 20.3 Å². The molecule has 172 valence electrons. The van der Waals surface area contributed by atoms with Crippen molar-refractivity contribution < 1.29 is 18.7 Å². The molecular weight excluding hydrogens is 425 g/mol. The van der Waals surface area contributed by atoms with Crippen molar-refractivity contribution >= 4 is 23.1 Å². The number of carbonyl (C=O) groups is 2. The number of nitrogens with one attached hydrogen (secondary N) is 2. The molecule has 2 aliphatic rings. The van der Waals surface area contributed by atoms with Gasteiger partial charge in [-0.1, -0.05) is 6.92 Å². The van der Waals surface area contributed by atoms with Crippen molar-refractivity contribution in [3.05, 3.63) is 53.6 Å². The van der Waals surface area contributed by atoms with Gasteiger partial charge in [0.05, 0.1) is 11.8 Å². The molecule has 1 aliphatic carbocycles. The van der Waals surface area contributed by atoms with Crippen LogP contribution in [-0.4, -0.2) is 45.6 Å². The van der Waals surface area contributed by atoms with Gasteiger partial charge in [0.1, 0.15) is 5.52 Å². The topological polar surface area (TPSA) is 88.0 Å². The SMILES string of the molecule is Cc1c(C(=O)N2CCC(C)C2)cn2nccc(Oc3ccc(NC(=O)NC4CC4)cc3F)c12. The summed E-state index contributed by atoms with van der Waals surface area (Å²) < 4.78 is 22.2. The molecule has 5 rings (SSSR count). The summed E-state index contributed by atoms with van der Waals surface area (Å²) in [5.74, 6) is 0.254. The summed E-state index contributed by atoms with van der Waals surface area (Å²) in [6.45, 7) is 5.47. The van der Waals surface area contributed by atoms with Gasteiger partial charge in [-0.05, 0) is 49.8 Å². The van der Waals surface area contributed by atoms with Crippen molar-refractivity contribution in [1.82, 2.24) is 19.8 Å². The maximum atomic E-state index is 14.8. The number of benzene rings is 1. The molecule has 3 aromatic rings. The van der Waals surface area contributed by atoms with Crippen molar-refractivity contribution in [2.45, 2.75) is 39.2 Å². The summed E-state index contributed by atoms with van der Waals surface area (Å²) >= 11 is 0. The smallest absolute Gasteiger partial charge is 0.319 e. The summed E-state index contributed by atoms with van der Waals surface area (Å²) in [6, 6.07) is 5.77. The van der Waals surface area contributed by atoms with E-state index >= 15 is 0 Å². The summed E-state index contributed by atoms with van der Waals surface area (Å²) in [5.41, 5.74) is 2.25. The predicted molar refractivity (Wildman–Crippen MR) is 121 cm³/mol. The molecule has 1 saturated heterocycles. The van der Waals surface area contributed by atoms with Gasteiger partial charge in [-0.3, -0.25) is 4.79 Å². The van der Waals surface area contributed by atoms with Gasteiger partial charge in [-0.15, -0.1) is 0 Å². The lowest BCUT2D eigenvalue weighted by molar-refractivity contribution is 0.0787. The van der Waals surface area contributed by atoms with E-state index in [0.29, 0.717) is 28.4 Å². The number of halogens is 1. The van der Waals surface area contributed by atoms with E-state index < -0.39 is 5.82 Å². The molecule has 0 radical (unpaired) electrons. The quantitative estimate of drug-likeness (QED) is 0.604. The Morgan fingerprint density at radius 3 is 2.70 bits per heavy atom. The van der Waals surface area contributed by atoms with E-state index in [-0.39, 0.29) is 23.7 Å². The van der Waals surface area contributed by atoms with E-state index in [2.05, 4.69) is 22.7 Å². The van der Waals surface area contributed by atoms with E-state index in [0.717, 1.165) is 37.9 Å². The van der Waals surface area contributed by atoms with Crippen LogP contribution in [0.5, 0.6) is 11.5 Å². The largest absolute Gasteiger partial charge is 0.452 e. The van der Waals surface area contributed by atoms with Crippen LogP contribution in [0.1, 0.15) is 42.1 Å². The molecule has 1 aromatic carbocycles. The highest BCUT2D eigenvalue weighted by molar-refractivity contribution is 5.98. The number of ether oxygens (including phenoxy) is 1. The zero-order valence-electron chi connectivity index (χ0n) is 18.6. The van der Waals surface area contributed by atoms with Crippen molar-refractivity contribution in [2.75, 3.05) is 18.4 Å². The van der Waals surface area contributed by atoms with E-state index in [1.807, 2.05) is 11.8 Å². The average molecular weight is 452 g/mol. The second-order valence-corrected chi connectivity index (χ2v) is 8.92. The lowest BCUT2D eigenvalue weighted by atomic mass is 10.1. The molecular formula is C24H26FN5O3. The van der Waals surface area contributed by atoms with Crippen LogP contribution >= 0.6 is 0 Å². The number of fused-ring (bicyclic) bond motifs is 1. The summed E-state index contributed by atoms with van der Waals surface area (Å²) in [5, 5.41) is 9.72. The highest BCUT2D eigenvalue weighted by Gasteiger charge is 2.27. The summed E-state index contributed by atoms with van der Waals surface area (Å²) in [7, 11) is 0. The Labute approximate surface area is 190 Å². The number of aryl methyl sites for hydroxylation is 1. The Bertz CT molecular complexity index is 1240. The fraction of sp³-hybridized carbons (Fsp3) is 0.375. The second-order valence-electron chi connectivity index (χ2n) is 8.92. The first kappa shape index (κ1) is 21.2. The zero-order chi connectivity index (χ0) is 23.1. The van der Waals surface area contributed by atoms with E-state index in [1.165, 1.54) is 12.1 Å². The number of hydrogen-bond donors (Lipinski definition) is 2. The molecule has 1 unspecified atom stereocenters. The zero-order valence-corrected chi connectivity index (χ0v) is 18.6. The fourth-order valence-electron chi connectivity index (χ4n) is 4.17. The number of rotatable bonds is 5. The molecule has 33 heavy (non-hydrogen) atoms. The summed E-state index contributed by atoms with van der Waals surface area (Å²) in [4.78, 5) is 26.8. The molecule has 0 spiro atoms. The van der Waals surface area contributed by atoms with Crippen LogP contribution in [0.2, 0.25) is 0 Å². The van der Waals surface area contributed by atoms with Crippen LogP contribution in [0, 0.1) is 18.7 Å². The average Bonchev–Trinajstić information content (AvgIpc) is 3.37. The monoisotopic (exact) mass is 451 g/mol. The molecule has 1 atom stereocenters. The second kappa shape index (κ2) is 8.38. The first-order chi connectivity index (χ1) is 15.9. The lowest BCUT2D eigenvalue weighted by Gasteiger charge is -2.15. The molecule has 3 amide bonds. The van der Waals surface area contributed by atoms with E-state index in [4.69, 9.17) is 4.74 Å². The maximum absolute atomic E-state index is 14.8. The van der Waals surface area contributed by atoms with Crippen molar-refractivity contribution in [1.29, 1.82) is 0 Å². The van der Waals surface area contributed by atoms with Crippen molar-refractivity contribution in [3.63, 3.8) is 0 Å². The van der Waals surface area contributed by atoms with Crippen molar-refractivity contribution in [3.8, 4) is 11.5 Å². The van der Waals surface area contributed by atoms with E-state index in [1.54, 1.807) is 29.0 Å². The van der Waals surface area contributed by atoms with Crippen LogP contribution in [0.25, 0.3) is 5.52 Å². The number of carbonyl (C=O) groups excluding carboxylic acids is 2.